The lowest BCUT2D eigenvalue weighted by Gasteiger charge is -2.38. The zero-order valence-electron chi connectivity index (χ0n) is 14.8. The molecule has 2 unspecified atom stereocenters. The van der Waals surface area contributed by atoms with Gasteiger partial charge in [-0.25, -0.2) is 0 Å². The van der Waals surface area contributed by atoms with E-state index in [9.17, 15) is 4.79 Å². The molecule has 1 fully saturated rings. The van der Waals surface area contributed by atoms with Gasteiger partial charge in [0, 0.05) is 17.5 Å². The molecule has 0 heterocycles. The summed E-state index contributed by atoms with van der Waals surface area (Å²) in [4.78, 5) is 12.6. The molecular weight excluding hydrogens is 288 g/mol. The van der Waals surface area contributed by atoms with Crippen LogP contribution in [0.2, 0.25) is 0 Å². The fourth-order valence-electron chi connectivity index (χ4n) is 3.36. The number of hydrogen-bond donors (Lipinski definition) is 2. The summed E-state index contributed by atoms with van der Waals surface area (Å²) in [7, 11) is 1.66. The molecule has 4 nitrogen and oxygen atoms in total. The molecule has 2 atom stereocenters. The van der Waals surface area contributed by atoms with Crippen LogP contribution in [0.3, 0.4) is 0 Å². The minimum Gasteiger partial charge on any atom is -0.497 e. The Bertz CT molecular complexity index is 535. The Balaban J connectivity index is 1.98. The van der Waals surface area contributed by atoms with Crippen LogP contribution in [0, 0.1) is 5.92 Å². The van der Waals surface area contributed by atoms with Crippen LogP contribution < -0.4 is 15.8 Å². The number of benzene rings is 1. The topological polar surface area (TPSA) is 64.3 Å². The molecular formula is C19H30N2O2. The lowest BCUT2D eigenvalue weighted by Crippen LogP contribution is -2.54. The van der Waals surface area contributed by atoms with Gasteiger partial charge in [-0.05, 0) is 37.5 Å². The smallest absolute Gasteiger partial charge is 0.224 e. The Morgan fingerprint density at radius 1 is 1.35 bits per heavy atom. The van der Waals surface area contributed by atoms with Crippen LogP contribution in [0.5, 0.6) is 5.75 Å². The van der Waals surface area contributed by atoms with E-state index in [-0.39, 0.29) is 22.8 Å². The van der Waals surface area contributed by atoms with Gasteiger partial charge in [-0.3, -0.25) is 4.79 Å². The predicted molar refractivity (Wildman–Crippen MR) is 93.6 cm³/mol. The third-order valence-corrected chi connectivity index (χ3v) is 5.15. The third-order valence-electron chi connectivity index (χ3n) is 5.15. The average molecular weight is 318 g/mol. The zero-order valence-corrected chi connectivity index (χ0v) is 14.8. The first-order chi connectivity index (χ1) is 10.8. The van der Waals surface area contributed by atoms with E-state index < -0.39 is 0 Å². The maximum atomic E-state index is 12.6. The van der Waals surface area contributed by atoms with Crippen molar-refractivity contribution in [1.29, 1.82) is 0 Å². The number of hydrogen-bond acceptors (Lipinski definition) is 3. The summed E-state index contributed by atoms with van der Waals surface area (Å²) in [5.74, 6) is 0.855. The summed E-state index contributed by atoms with van der Waals surface area (Å²) in [6.07, 6.45) is 4.02. The Morgan fingerprint density at radius 3 is 2.57 bits per heavy atom. The Labute approximate surface area is 139 Å². The molecule has 128 valence electrons. The number of nitrogens with one attached hydrogen (secondary N) is 1. The number of nitrogens with two attached hydrogens (primary N) is 1. The van der Waals surface area contributed by atoms with E-state index in [0.29, 0.717) is 6.54 Å². The summed E-state index contributed by atoms with van der Waals surface area (Å²) in [5, 5.41) is 3.13. The van der Waals surface area contributed by atoms with Crippen molar-refractivity contribution in [2.24, 2.45) is 11.7 Å². The van der Waals surface area contributed by atoms with Gasteiger partial charge in [-0.15, -0.1) is 0 Å². The van der Waals surface area contributed by atoms with E-state index in [1.54, 1.807) is 7.11 Å². The predicted octanol–water partition coefficient (Wildman–Crippen LogP) is 3.00. The Morgan fingerprint density at radius 2 is 2.00 bits per heavy atom. The SMILES string of the molecule is COc1ccc(C(C)(C)CNC(=O)C2CCCCC2(C)N)cc1. The van der Waals surface area contributed by atoms with Crippen molar-refractivity contribution < 1.29 is 9.53 Å². The van der Waals surface area contributed by atoms with E-state index in [1.807, 2.05) is 19.1 Å². The quantitative estimate of drug-likeness (QED) is 0.877. The van der Waals surface area contributed by atoms with E-state index >= 15 is 0 Å². The van der Waals surface area contributed by atoms with Crippen molar-refractivity contribution in [1.82, 2.24) is 5.32 Å². The zero-order chi connectivity index (χ0) is 17.1. The molecule has 1 aliphatic carbocycles. The molecule has 3 N–H and O–H groups in total. The highest BCUT2D eigenvalue weighted by Gasteiger charge is 2.38. The fourth-order valence-corrected chi connectivity index (χ4v) is 3.36. The molecule has 0 aromatic heterocycles. The highest BCUT2D eigenvalue weighted by Crippen LogP contribution is 2.32. The van der Waals surface area contributed by atoms with Crippen LogP contribution in [-0.2, 0) is 10.2 Å². The average Bonchev–Trinajstić information content (AvgIpc) is 2.52. The largest absolute Gasteiger partial charge is 0.497 e. The van der Waals surface area contributed by atoms with Crippen molar-refractivity contribution >= 4 is 5.91 Å². The van der Waals surface area contributed by atoms with Crippen LogP contribution in [0.4, 0.5) is 0 Å². The number of rotatable bonds is 5. The second-order valence-electron chi connectivity index (χ2n) is 7.63. The van der Waals surface area contributed by atoms with Crippen LogP contribution in [0.25, 0.3) is 0 Å². The number of carbonyl (C=O) groups excluding carboxylic acids is 1. The second-order valence-corrected chi connectivity index (χ2v) is 7.63. The van der Waals surface area contributed by atoms with Gasteiger partial charge in [0.25, 0.3) is 0 Å². The van der Waals surface area contributed by atoms with E-state index in [4.69, 9.17) is 10.5 Å². The van der Waals surface area contributed by atoms with Crippen molar-refractivity contribution in [3.05, 3.63) is 29.8 Å². The van der Waals surface area contributed by atoms with Crippen LogP contribution in [-0.4, -0.2) is 25.1 Å². The maximum Gasteiger partial charge on any atom is 0.224 e. The highest BCUT2D eigenvalue weighted by molar-refractivity contribution is 5.80. The van der Waals surface area contributed by atoms with E-state index in [0.717, 1.165) is 31.4 Å². The molecule has 0 aliphatic heterocycles. The van der Waals surface area contributed by atoms with Crippen molar-refractivity contribution in [3.63, 3.8) is 0 Å². The van der Waals surface area contributed by atoms with Gasteiger partial charge < -0.3 is 15.8 Å². The van der Waals surface area contributed by atoms with Gasteiger partial charge in [0.05, 0.1) is 13.0 Å². The van der Waals surface area contributed by atoms with Gasteiger partial charge in [-0.1, -0.05) is 38.8 Å². The van der Waals surface area contributed by atoms with Crippen molar-refractivity contribution in [3.8, 4) is 5.75 Å². The first-order valence-corrected chi connectivity index (χ1v) is 8.47. The molecule has 1 aromatic rings. The number of carbonyl (C=O) groups is 1. The molecule has 0 saturated heterocycles. The molecule has 1 saturated carbocycles. The third kappa shape index (κ3) is 4.25. The Kier molecular flexibility index (Phi) is 5.35. The molecule has 2 rings (SSSR count). The summed E-state index contributed by atoms with van der Waals surface area (Å²) >= 11 is 0. The normalized spacial score (nSPS) is 25.0. The van der Waals surface area contributed by atoms with Gasteiger partial charge in [0.15, 0.2) is 0 Å². The number of ether oxygens (including phenoxy) is 1. The summed E-state index contributed by atoms with van der Waals surface area (Å²) in [6, 6.07) is 8.02. The van der Waals surface area contributed by atoms with E-state index in [2.05, 4.69) is 31.3 Å². The van der Waals surface area contributed by atoms with Crippen LogP contribution in [0.1, 0.15) is 52.0 Å². The molecule has 23 heavy (non-hydrogen) atoms. The number of amides is 1. The lowest BCUT2D eigenvalue weighted by molar-refractivity contribution is -0.128. The highest BCUT2D eigenvalue weighted by atomic mass is 16.5. The first kappa shape index (κ1) is 17.8. The fraction of sp³-hybridized carbons (Fsp3) is 0.632. The van der Waals surface area contributed by atoms with Gasteiger partial charge in [0.1, 0.15) is 5.75 Å². The molecule has 0 spiro atoms. The van der Waals surface area contributed by atoms with Gasteiger partial charge >= 0.3 is 0 Å². The summed E-state index contributed by atoms with van der Waals surface area (Å²) in [6.45, 7) is 6.88. The minimum absolute atomic E-state index is 0.0806. The molecule has 4 heteroatoms. The van der Waals surface area contributed by atoms with Crippen molar-refractivity contribution in [2.75, 3.05) is 13.7 Å². The summed E-state index contributed by atoms with van der Waals surface area (Å²) in [5.41, 5.74) is 6.99. The number of methoxy groups -OCH3 is 1. The van der Waals surface area contributed by atoms with Crippen LogP contribution in [0.15, 0.2) is 24.3 Å². The van der Waals surface area contributed by atoms with Crippen LogP contribution >= 0.6 is 0 Å². The van der Waals surface area contributed by atoms with Gasteiger partial charge in [0.2, 0.25) is 5.91 Å². The first-order valence-electron chi connectivity index (χ1n) is 8.47. The van der Waals surface area contributed by atoms with E-state index in [1.165, 1.54) is 5.56 Å². The van der Waals surface area contributed by atoms with Crippen molar-refractivity contribution in [2.45, 2.75) is 57.4 Å². The Hall–Kier alpha value is -1.55. The monoisotopic (exact) mass is 318 g/mol. The standard InChI is InChI=1S/C19H30N2O2/c1-18(2,14-8-10-15(23-4)11-9-14)13-21-17(22)16-7-5-6-12-19(16,3)20/h8-11,16H,5-7,12-13,20H2,1-4H3,(H,21,22). The molecule has 1 aliphatic rings. The maximum absolute atomic E-state index is 12.6. The molecule has 0 radical (unpaired) electrons. The second kappa shape index (κ2) is 6.91. The van der Waals surface area contributed by atoms with Gasteiger partial charge in [-0.2, -0.15) is 0 Å². The molecule has 1 aromatic carbocycles. The molecule has 1 amide bonds. The molecule has 0 bridgehead atoms. The summed E-state index contributed by atoms with van der Waals surface area (Å²) < 4.78 is 5.20. The lowest BCUT2D eigenvalue weighted by atomic mass is 9.74. The minimum atomic E-state index is -0.382.